The first kappa shape index (κ1) is 11.6. The van der Waals surface area contributed by atoms with Gasteiger partial charge in [-0.2, -0.15) is 0 Å². The molecule has 0 saturated carbocycles. The summed E-state index contributed by atoms with van der Waals surface area (Å²) in [6.45, 7) is 3.80. The molecule has 0 aliphatic carbocycles. The average molecular weight is 232 g/mol. The van der Waals surface area contributed by atoms with Crippen LogP contribution in [0.15, 0.2) is 24.3 Å². The number of rotatable bonds is 2. The molecule has 1 atom stereocenters. The van der Waals surface area contributed by atoms with Crippen molar-refractivity contribution in [3.05, 3.63) is 35.4 Å². The first-order valence-electron chi connectivity index (χ1n) is 5.77. The molecular weight excluding hydrogens is 216 g/mol. The zero-order chi connectivity index (χ0) is 12.4. The minimum Gasteiger partial charge on any atom is -0.352 e. The van der Waals surface area contributed by atoms with Gasteiger partial charge < -0.3 is 10.6 Å². The molecular formula is C13H16N2O2. The summed E-state index contributed by atoms with van der Waals surface area (Å²) < 4.78 is 0. The standard InChI is InChI=1S/C13H16N2O2/c1-8(2)14-13(17)11-7-9-5-3-4-6-10(9)12(16)15-11/h3-6,8,11H,7H2,1-2H3,(H,14,17)(H,15,16). The number of carbonyl (C=O) groups excluding carboxylic acids is 2. The number of fused-ring (bicyclic) bond motifs is 1. The summed E-state index contributed by atoms with van der Waals surface area (Å²) in [4.78, 5) is 23.6. The van der Waals surface area contributed by atoms with Crippen molar-refractivity contribution in [1.82, 2.24) is 10.6 Å². The van der Waals surface area contributed by atoms with E-state index in [1.165, 1.54) is 0 Å². The summed E-state index contributed by atoms with van der Waals surface area (Å²) in [5.74, 6) is -0.293. The van der Waals surface area contributed by atoms with Gasteiger partial charge in [-0.05, 0) is 25.5 Å². The molecule has 2 N–H and O–H groups in total. The molecule has 1 aromatic carbocycles. The second-order valence-electron chi connectivity index (χ2n) is 4.55. The van der Waals surface area contributed by atoms with E-state index in [-0.39, 0.29) is 17.9 Å². The number of benzene rings is 1. The third kappa shape index (κ3) is 2.46. The summed E-state index contributed by atoms with van der Waals surface area (Å²) in [5.41, 5.74) is 1.60. The largest absolute Gasteiger partial charge is 0.352 e. The molecule has 4 nitrogen and oxygen atoms in total. The predicted octanol–water partition coefficient (Wildman–Crippen LogP) is 0.866. The molecule has 2 rings (SSSR count). The lowest BCUT2D eigenvalue weighted by atomic mass is 9.95. The van der Waals surface area contributed by atoms with E-state index in [2.05, 4.69) is 10.6 Å². The highest BCUT2D eigenvalue weighted by atomic mass is 16.2. The Labute approximate surface area is 100 Å². The van der Waals surface area contributed by atoms with Gasteiger partial charge in [-0.3, -0.25) is 9.59 Å². The Balaban J connectivity index is 2.17. The van der Waals surface area contributed by atoms with Gasteiger partial charge in [0, 0.05) is 18.0 Å². The molecule has 2 amide bonds. The van der Waals surface area contributed by atoms with Gasteiger partial charge in [-0.25, -0.2) is 0 Å². The summed E-state index contributed by atoms with van der Waals surface area (Å²) in [6, 6.07) is 7.00. The molecule has 0 saturated heterocycles. The van der Waals surface area contributed by atoms with Gasteiger partial charge >= 0.3 is 0 Å². The molecule has 1 aromatic rings. The first-order chi connectivity index (χ1) is 8.08. The lowest BCUT2D eigenvalue weighted by Crippen LogP contribution is -2.52. The van der Waals surface area contributed by atoms with Crippen LogP contribution in [-0.2, 0) is 11.2 Å². The molecule has 0 spiro atoms. The van der Waals surface area contributed by atoms with Gasteiger partial charge in [0.1, 0.15) is 6.04 Å². The van der Waals surface area contributed by atoms with Gasteiger partial charge in [0.25, 0.3) is 5.91 Å². The number of hydrogen-bond acceptors (Lipinski definition) is 2. The van der Waals surface area contributed by atoms with E-state index in [0.29, 0.717) is 12.0 Å². The smallest absolute Gasteiger partial charge is 0.252 e. The van der Waals surface area contributed by atoms with Crippen LogP contribution in [0.1, 0.15) is 29.8 Å². The van der Waals surface area contributed by atoms with Crippen molar-refractivity contribution in [2.24, 2.45) is 0 Å². The second kappa shape index (κ2) is 4.57. The van der Waals surface area contributed by atoms with Gasteiger partial charge in [0.05, 0.1) is 0 Å². The zero-order valence-electron chi connectivity index (χ0n) is 9.99. The van der Waals surface area contributed by atoms with Crippen molar-refractivity contribution in [2.75, 3.05) is 0 Å². The Bertz CT molecular complexity index is 454. The quantitative estimate of drug-likeness (QED) is 0.794. The molecule has 0 bridgehead atoms. The average Bonchev–Trinajstić information content (AvgIpc) is 2.28. The Morgan fingerprint density at radius 2 is 2.12 bits per heavy atom. The first-order valence-corrected chi connectivity index (χ1v) is 5.77. The number of hydrogen-bond donors (Lipinski definition) is 2. The fourth-order valence-electron chi connectivity index (χ4n) is 1.97. The lowest BCUT2D eigenvalue weighted by molar-refractivity contribution is -0.123. The summed E-state index contributed by atoms with van der Waals surface area (Å²) in [6.07, 6.45) is 0.556. The molecule has 4 heteroatoms. The van der Waals surface area contributed by atoms with E-state index in [9.17, 15) is 9.59 Å². The van der Waals surface area contributed by atoms with Crippen LogP contribution in [0.4, 0.5) is 0 Å². The minimum absolute atomic E-state index is 0.0802. The predicted molar refractivity (Wildman–Crippen MR) is 64.7 cm³/mol. The van der Waals surface area contributed by atoms with Crippen molar-refractivity contribution in [2.45, 2.75) is 32.4 Å². The van der Waals surface area contributed by atoms with E-state index in [1.54, 1.807) is 6.07 Å². The highest BCUT2D eigenvalue weighted by Crippen LogP contribution is 2.16. The van der Waals surface area contributed by atoms with E-state index >= 15 is 0 Å². The Morgan fingerprint density at radius 3 is 2.82 bits per heavy atom. The van der Waals surface area contributed by atoms with Crippen LogP contribution in [0.3, 0.4) is 0 Å². The van der Waals surface area contributed by atoms with Gasteiger partial charge in [0.15, 0.2) is 0 Å². The Hall–Kier alpha value is -1.84. The van der Waals surface area contributed by atoms with Gasteiger partial charge in [-0.1, -0.05) is 18.2 Å². The van der Waals surface area contributed by atoms with Gasteiger partial charge in [-0.15, -0.1) is 0 Å². The molecule has 0 aromatic heterocycles. The van der Waals surface area contributed by atoms with Crippen LogP contribution in [0.25, 0.3) is 0 Å². The van der Waals surface area contributed by atoms with Gasteiger partial charge in [0.2, 0.25) is 5.91 Å². The van der Waals surface area contributed by atoms with Crippen molar-refractivity contribution in [1.29, 1.82) is 0 Å². The maximum absolute atomic E-state index is 11.8. The molecule has 0 radical (unpaired) electrons. The fraction of sp³-hybridized carbons (Fsp3) is 0.385. The third-order valence-corrected chi connectivity index (χ3v) is 2.74. The monoisotopic (exact) mass is 232 g/mol. The molecule has 1 aliphatic heterocycles. The molecule has 17 heavy (non-hydrogen) atoms. The van der Waals surface area contributed by atoms with Crippen molar-refractivity contribution in [3.63, 3.8) is 0 Å². The highest BCUT2D eigenvalue weighted by Gasteiger charge is 2.28. The topological polar surface area (TPSA) is 58.2 Å². The summed E-state index contributed by atoms with van der Waals surface area (Å²) in [7, 11) is 0. The van der Waals surface area contributed by atoms with Crippen LogP contribution in [0.2, 0.25) is 0 Å². The van der Waals surface area contributed by atoms with Crippen molar-refractivity contribution >= 4 is 11.8 Å². The fourth-order valence-corrected chi connectivity index (χ4v) is 1.97. The summed E-state index contributed by atoms with van der Waals surface area (Å²) in [5, 5.41) is 5.54. The molecule has 90 valence electrons. The Kier molecular flexibility index (Phi) is 3.13. The molecule has 1 unspecified atom stereocenters. The number of carbonyl (C=O) groups is 2. The molecule has 1 heterocycles. The lowest BCUT2D eigenvalue weighted by Gasteiger charge is -2.25. The molecule has 1 aliphatic rings. The Morgan fingerprint density at radius 1 is 1.41 bits per heavy atom. The third-order valence-electron chi connectivity index (χ3n) is 2.74. The molecule has 0 fully saturated rings. The number of amides is 2. The van der Waals surface area contributed by atoms with E-state index in [4.69, 9.17) is 0 Å². The number of nitrogens with one attached hydrogen (secondary N) is 2. The van der Waals surface area contributed by atoms with Crippen LogP contribution < -0.4 is 10.6 Å². The maximum atomic E-state index is 11.8. The minimum atomic E-state index is -0.459. The van der Waals surface area contributed by atoms with Crippen molar-refractivity contribution in [3.8, 4) is 0 Å². The maximum Gasteiger partial charge on any atom is 0.252 e. The van der Waals surface area contributed by atoms with Crippen LogP contribution in [0.5, 0.6) is 0 Å². The zero-order valence-corrected chi connectivity index (χ0v) is 9.99. The van der Waals surface area contributed by atoms with E-state index in [1.807, 2.05) is 32.0 Å². The van der Waals surface area contributed by atoms with Crippen molar-refractivity contribution < 1.29 is 9.59 Å². The SMILES string of the molecule is CC(C)NC(=O)C1Cc2ccccc2C(=O)N1. The normalized spacial score (nSPS) is 18.5. The van der Waals surface area contributed by atoms with E-state index < -0.39 is 6.04 Å². The van der Waals surface area contributed by atoms with Crippen LogP contribution >= 0.6 is 0 Å². The second-order valence-corrected chi connectivity index (χ2v) is 4.55. The summed E-state index contributed by atoms with van der Waals surface area (Å²) >= 11 is 0. The highest BCUT2D eigenvalue weighted by molar-refractivity contribution is 6.00. The van der Waals surface area contributed by atoms with Crippen LogP contribution in [-0.4, -0.2) is 23.9 Å². The van der Waals surface area contributed by atoms with E-state index in [0.717, 1.165) is 5.56 Å². The van der Waals surface area contributed by atoms with Crippen LogP contribution in [0, 0.1) is 0 Å².